The molecule has 3 aromatic rings. The van der Waals surface area contributed by atoms with Crippen LogP contribution in [0, 0.1) is 13.8 Å². The number of rotatable bonds is 8. The molecule has 0 fully saturated rings. The number of benzene rings is 1. The second-order valence-electron chi connectivity index (χ2n) is 7.21. The molecule has 7 nitrogen and oxygen atoms in total. The molecule has 3 N–H and O–H groups in total. The molecule has 2 aromatic heterocycles. The minimum absolute atomic E-state index is 0.0713. The third-order valence-corrected chi connectivity index (χ3v) is 7.73. The minimum Gasteiger partial charge on any atom is -0.369 e. The van der Waals surface area contributed by atoms with Gasteiger partial charge in [-0.05, 0) is 45.4 Å². The van der Waals surface area contributed by atoms with Crippen molar-refractivity contribution in [3.63, 3.8) is 0 Å². The van der Waals surface area contributed by atoms with E-state index in [1.165, 1.54) is 34.9 Å². The summed E-state index contributed by atoms with van der Waals surface area (Å²) >= 11 is 4.00. The first-order valence-corrected chi connectivity index (χ1v) is 12.4. The number of hydrogen-bond donors (Lipinski definition) is 2. The van der Waals surface area contributed by atoms with Crippen molar-refractivity contribution in [1.82, 2.24) is 9.55 Å². The Bertz CT molecular complexity index is 1200. The predicted octanol–water partition coefficient (Wildman–Crippen LogP) is 3.96. The van der Waals surface area contributed by atoms with E-state index in [4.69, 9.17) is 10.7 Å². The number of carbonyl (C=O) groups excluding carboxylic acids is 2. The Morgan fingerprint density at radius 3 is 2.58 bits per heavy atom. The first-order valence-electron chi connectivity index (χ1n) is 9.64. The summed E-state index contributed by atoms with van der Waals surface area (Å²) in [6.45, 7) is 7.78. The van der Waals surface area contributed by atoms with Crippen molar-refractivity contribution in [3.05, 3.63) is 45.1 Å². The number of aromatic nitrogens is 2. The number of carbonyl (C=O) groups is 2. The molecule has 2 amide bonds. The largest absolute Gasteiger partial charge is 0.369 e. The van der Waals surface area contributed by atoms with Crippen molar-refractivity contribution in [2.24, 2.45) is 5.73 Å². The maximum Gasteiger partial charge on any atom is 0.263 e. The van der Waals surface area contributed by atoms with Crippen LogP contribution in [0.1, 0.15) is 30.3 Å². The summed E-state index contributed by atoms with van der Waals surface area (Å²) < 4.78 is 1.65. The Hall–Kier alpha value is -2.30. The maximum absolute atomic E-state index is 13.1. The van der Waals surface area contributed by atoms with E-state index in [2.05, 4.69) is 5.32 Å². The first-order chi connectivity index (χ1) is 14.7. The van der Waals surface area contributed by atoms with Crippen LogP contribution in [0.4, 0.5) is 5.69 Å². The number of thiophene rings is 1. The lowest BCUT2D eigenvalue weighted by Gasteiger charge is -2.15. The summed E-state index contributed by atoms with van der Waals surface area (Å²) in [5.41, 5.74) is 6.73. The van der Waals surface area contributed by atoms with E-state index >= 15 is 0 Å². The van der Waals surface area contributed by atoms with E-state index in [0.717, 1.165) is 15.3 Å². The van der Waals surface area contributed by atoms with Crippen LogP contribution in [0.15, 0.2) is 39.1 Å². The van der Waals surface area contributed by atoms with E-state index in [9.17, 15) is 14.4 Å². The van der Waals surface area contributed by atoms with Crippen LogP contribution < -0.4 is 16.6 Å². The monoisotopic (exact) mass is 476 g/mol. The summed E-state index contributed by atoms with van der Waals surface area (Å²) in [6, 6.07) is 7.16. The molecule has 0 radical (unpaired) electrons. The first kappa shape index (κ1) is 23.4. The normalized spacial score (nSPS) is 11.3. The molecule has 0 saturated heterocycles. The van der Waals surface area contributed by atoms with Gasteiger partial charge in [-0.15, -0.1) is 23.1 Å². The molecule has 0 aliphatic heterocycles. The number of hydrogen-bond acceptors (Lipinski definition) is 7. The van der Waals surface area contributed by atoms with Gasteiger partial charge in [0.1, 0.15) is 4.83 Å². The number of aryl methyl sites for hydroxylation is 2. The number of amides is 2. The zero-order valence-corrected chi connectivity index (χ0v) is 20.2. The molecule has 10 heteroatoms. The molecule has 0 spiro atoms. The molecular formula is C21H24N4O3S3. The lowest BCUT2D eigenvalue weighted by Crippen LogP contribution is -2.25. The highest BCUT2D eigenvalue weighted by Crippen LogP contribution is 2.30. The molecule has 0 bridgehead atoms. The minimum atomic E-state index is -0.422. The van der Waals surface area contributed by atoms with E-state index in [-0.39, 0.29) is 29.0 Å². The molecular weight excluding hydrogens is 452 g/mol. The number of nitrogens with zero attached hydrogens (tertiary/aromatic N) is 2. The number of anilines is 1. The summed E-state index contributed by atoms with van der Waals surface area (Å²) in [4.78, 5) is 44.0. The summed E-state index contributed by atoms with van der Waals surface area (Å²) in [5.74, 6) is -0.413. The fourth-order valence-corrected chi connectivity index (χ4v) is 5.75. The van der Waals surface area contributed by atoms with Crippen LogP contribution in [0.3, 0.4) is 0 Å². The predicted molar refractivity (Wildman–Crippen MR) is 129 cm³/mol. The van der Waals surface area contributed by atoms with Crippen molar-refractivity contribution in [2.45, 2.75) is 43.8 Å². The van der Waals surface area contributed by atoms with E-state index < -0.39 is 5.91 Å². The lowest BCUT2D eigenvalue weighted by atomic mass is 10.2. The van der Waals surface area contributed by atoms with Crippen molar-refractivity contribution < 1.29 is 9.59 Å². The Labute approximate surface area is 192 Å². The van der Waals surface area contributed by atoms with Crippen LogP contribution >= 0.6 is 34.9 Å². The Morgan fingerprint density at radius 2 is 1.90 bits per heavy atom. The third kappa shape index (κ3) is 5.31. The highest BCUT2D eigenvalue weighted by molar-refractivity contribution is 8.00. The number of para-hydroxylation sites is 1. The van der Waals surface area contributed by atoms with Gasteiger partial charge >= 0.3 is 0 Å². The van der Waals surface area contributed by atoms with Crippen LogP contribution in [0.25, 0.3) is 10.2 Å². The van der Waals surface area contributed by atoms with Crippen molar-refractivity contribution >= 4 is 62.6 Å². The SMILES string of the molecule is Cc1sc2nc(SCC(=O)Nc3ccccc3SCC(N)=O)n(C(C)C)c(=O)c2c1C. The third-order valence-electron chi connectivity index (χ3n) is 4.58. The second-order valence-corrected chi connectivity index (χ2v) is 10.4. The standard InChI is InChI=1S/C21H24N4O3S3/c1-11(2)25-20(28)18-12(3)13(4)31-19(18)24-21(25)30-10-17(27)23-14-7-5-6-8-15(14)29-9-16(22)26/h5-8,11H,9-10H2,1-4H3,(H2,22,26)(H,23,27). The van der Waals surface area contributed by atoms with Gasteiger partial charge < -0.3 is 11.1 Å². The smallest absolute Gasteiger partial charge is 0.263 e. The highest BCUT2D eigenvalue weighted by Gasteiger charge is 2.19. The van der Waals surface area contributed by atoms with Gasteiger partial charge in [-0.3, -0.25) is 19.0 Å². The summed E-state index contributed by atoms with van der Waals surface area (Å²) in [5, 5.41) is 4.06. The average Bonchev–Trinajstić information content (AvgIpc) is 2.99. The molecule has 0 saturated carbocycles. The van der Waals surface area contributed by atoms with Gasteiger partial charge in [0, 0.05) is 15.8 Å². The van der Waals surface area contributed by atoms with Crippen molar-refractivity contribution in [1.29, 1.82) is 0 Å². The van der Waals surface area contributed by atoms with Crippen molar-refractivity contribution in [3.8, 4) is 0 Å². The van der Waals surface area contributed by atoms with E-state index in [1.54, 1.807) is 10.6 Å². The quantitative estimate of drug-likeness (QED) is 0.376. The lowest BCUT2D eigenvalue weighted by molar-refractivity contribution is -0.115. The number of nitrogens with one attached hydrogen (secondary N) is 1. The molecule has 1 aromatic carbocycles. The van der Waals surface area contributed by atoms with Crippen LogP contribution in [0.2, 0.25) is 0 Å². The van der Waals surface area contributed by atoms with Gasteiger partial charge in [0.2, 0.25) is 11.8 Å². The molecule has 31 heavy (non-hydrogen) atoms. The van der Waals surface area contributed by atoms with Gasteiger partial charge in [0.25, 0.3) is 5.56 Å². The Morgan fingerprint density at radius 1 is 1.19 bits per heavy atom. The number of primary amides is 1. The number of fused-ring (bicyclic) bond motifs is 1. The van der Waals surface area contributed by atoms with Gasteiger partial charge in [0.15, 0.2) is 5.16 Å². The highest BCUT2D eigenvalue weighted by atomic mass is 32.2. The molecule has 0 unspecified atom stereocenters. The van der Waals surface area contributed by atoms with Gasteiger partial charge in [-0.25, -0.2) is 4.98 Å². The van der Waals surface area contributed by atoms with Gasteiger partial charge in [-0.1, -0.05) is 23.9 Å². The molecule has 0 aliphatic carbocycles. The Balaban J connectivity index is 1.80. The van der Waals surface area contributed by atoms with Crippen LogP contribution in [-0.4, -0.2) is 32.9 Å². The summed E-state index contributed by atoms with van der Waals surface area (Å²) in [7, 11) is 0. The zero-order chi connectivity index (χ0) is 22.7. The van der Waals surface area contributed by atoms with Gasteiger partial charge in [0.05, 0.1) is 22.6 Å². The second kappa shape index (κ2) is 9.88. The fraction of sp³-hybridized carbons (Fsp3) is 0.333. The molecule has 2 heterocycles. The van der Waals surface area contributed by atoms with E-state index in [0.29, 0.717) is 21.1 Å². The van der Waals surface area contributed by atoms with E-state index in [1.807, 2.05) is 45.9 Å². The zero-order valence-electron chi connectivity index (χ0n) is 17.7. The molecule has 0 aliphatic rings. The average molecular weight is 477 g/mol. The van der Waals surface area contributed by atoms with Crippen LogP contribution in [0.5, 0.6) is 0 Å². The topological polar surface area (TPSA) is 107 Å². The Kier molecular flexibility index (Phi) is 7.45. The van der Waals surface area contributed by atoms with Gasteiger partial charge in [-0.2, -0.15) is 0 Å². The summed E-state index contributed by atoms with van der Waals surface area (Å²) in [6.07, 6.45) is 0. The molecule has 164 valence electrons. The molecule has 3 rings (SSSR count). The van der Waals surface area contributed by atoms with Crippen LogP contribution in [-0.2, 0) is 9.59 Å². The fourth-order valence-electron chi connectivity index (χ4n) is 3.01. The molecule has 0 atom stereocenters. The van der Waals surface area contributed by atoms with Crippen molar-refractivity contribution in [2.75, 3.05) is 16.8 Å². The number of nitrogens with two attached hydrogens (primary N) is 1. The maximum atomic E-state index is 13.1. The number of thioether (sulfide) groups is 2.